The average molecular weight is 259 g/mol. The van der Waals surface area contributed by atoms with Gasteiger partial charge in [0.05, 0.1) is 11.0 Å². The van der Waals surface area contributed by atoms with E-state index in [9.17, 15) is 9.59 Å². The molecule has 1 fully saturated rings. The van der Waals surface area contributed by atoms with E-state index in [0.29, 0.717) is 18.4 Å². The zero-order valence-corrected chi connectivity index (χ0v) is 10.2. The van der Waals surface area contributed by atoms with Gasteiger partial charge in [0, 0.05) is 12.7 Å². The Hall–Kier alpha value is -2.42. The zero-order chi connectivity index (χ0) is 13.9. The summed E-state index contributed by atoms with van der Waals surface area (Å²) >= 11 is 0. The van der Waals surface area contributed by atoms with E-state index in [1.165, 1.54) is 18.3 Å². The van der Waals surface area contributed by atoms with E-state index in [0.717, 1.165) is 6.42 Å². The first-order valence-electron chi connectivity index (χ1n) is 5.95. The van der Waals surface area contributed by atoms with Crippen LogP contribution in [0.5, 0.6) is 0 Å². The van der Waals surface area contributed by atoms with Crippen molar-refractivity contribution in [3.63, 3.8) is 0 Å². The molecule has 1 aromatic heterocycles. The highest BCUT2D eigenvalue weighted by Gasteiger charge is 2.44. The Morgan fingerprint density at radius 3 is 2.63 bits per heavy atom. The maximum atomic E-state index is 11.8. The fourth-order valence-electron chi connectivity index (χ4n) is 2.00. The predicted molar refractivity (Wildman–Crippen MR) is 65.2 cm³/mol. The molecule has 0 aliphatic heterocycles. The Morgan fingerprint density at radius 2 is 2.21 bits per heavy atom. The normalized spacial score (nSPS) is 15.9. The lowest BCUT2D eigenvalue weighted by Gasteiger charge is -2.37. The van der Waals surface area contributed by atoms with Crippen LogP contribution in [-0.2, 0) is 4.79 Å². The third-order valence-electron chi connectivity index (χ3n) is 3.48. The van der Waals surface area contributed by atoms with Gasteiger partial charge in [-0.2, -0.15) is 5.26 Å². The van der Waals surface area contributed by atoms with E-state index in [2.05, 4.69) is 10.3 Å². The van der Waals surface area contributed by atoms with Crippen LogP contribution in [0.3, 0.4) is 0 Å². The van der Waals surface area contributed by atoms with Crippen molar-refractivity contribution in [3.05, 3.63) is 29.6 Å². The molecule has 0 bridgehead atoms. The minimum absolute atomic E-state index is 0.114. The van der Waals surface area contributed by atoms with Crippen LogP contribution in [0.1, 0.15) is 35.3 Å². The summed E-state index contributed by atoms with van der Waals surface area (Å²) in [6.07, 6.45) is 3.36. The molecule has 19 heavy (non-hydrogen) atoms. The van der Waals surface area contributed by atoms with Crippen LogP contribution in [0.2, 0.25) is 0 Å². The predicted octanol–water partition coefficient (Wildman–Crippen LogP) is 0.938. The topological polar surface area (TPSA) is 103 Å². The van der Waals surface area contributed by atoms with Crippen molar-refractivity contribution in [2.75, 3.05) is 6.54 Å². The second-order valence-corrected chi connectivity index (χ2v) is 4.67. The summed E-state index contributed by atoms with van der Waals surface area (Å²) in [6, 6.07) is 4.86. The molecular formula is C13H13N3O3. The number of aromatic nitrogens is 1. The number of nitriles is 1. The summed E-state index contributed by atoms with van der Waals surface area (Å²) < 4.78 is 0. The van der Waals surface area contributed by atoms with Crippen LogP contribution >= 0.6 is 0 Å². The molecule has 6 heteroatoms. The number of hydrogen-bond acceptors (Lipinski definition) is 4. The molecular weight excluding hydrogens is 246 g/mol. The Morgan fingerprint density at radius 1 is 1.47 bits per heavy atom. The lowest BCUT2D eigenvalue weighted by atomic mass is 9.69. The molecule has 0 saturated heterocycles. The lowest BCUT2D eigenvalue weighted by molar-refractivity contribution is -0.153. The molecule has 98 valence electrons. The minimum atomic E-state index is -0.869. The van der Waals surface area contributed by atoms with E-state index in [-0.39, 0.29) is 12.2 Å². The summed E-state index contributed by atoms with van der Waals surface area (Å²) in [5.74, 6) is -1.29. The first-order valence-corrected chi connectivity index (χ1v) is 5.95. The highest BCUT2D eigenvalue weighted by atomic mass is 16.4. The molecule has 0 radical (unpaired) electrons. The third-order valence-corrected chi connectivity index (χ3v) is 3.48. The van der Waals surface area contributed by atoms with Gasteiger partial charge in [-0.05, 0) is 25.0 Å². The average Bonchev–Trinajstić information content (AvgIpc) is 2.37. The molecule has 1 amide bonds. The number of pyridine rings is 1. The third kappa shape index (κ3) is 2.55. The van der Waals surface area contributed by atoms with Crippen LogP contribution in [0, 0.1) is 16.7 Å². The van der Waals surface area contributed by atoms with Crippen molar-refractivity contribution in [3.8, 4) is 6.07 Å². The van der Waals surface area contributed by atoms with Gasteiger partial charge in [0.2, 0.25) is 0 Å². The van der Waals surface area contributed by atoms with Gasteiger partial charge in [-0.15, -0.1) is 0 Å². The van der Waals surface area contributed by atoms with Crippen LogP contribution in [0.25, 0.3) is 0 Å². The van der Waals surface area contributed by atoms with Gasteiger partial charge < -0.3 is 10.4 Å². The van der Waals surface area contributed by atoms with Gasteiger partial charge in [0.1, 0.15) is 11.8 Å². The second kappa shape index (κ2) is 5.06. The lowest BCUT2D eigenvalue weighted by Crippen LogP contribution is -2.47. The molecule has 1 saturated carbocycles. The molecule has 0 unspecified atom stereocenters. The van der Waals surface area contributed by atoms with E-state index < -0.39 is 17.3 Å². The number of nitrogens with one attached hydrogen (secondary N) is 1. The second-order valence-electron chi connectivity index (χ2n) is 4.67. The zero-order valence-electron chi connectivity index (χ0n) is 10.2. The number of nitrogens with zero attached hydrogens (tertiary/aromatic N) is 2. The van der Waals surface area contributed by atoms with Crippen molar-refractivity contribution in [1.82, 2.24) is 10.3 Å². The van der Waals surface area contributed by atoms with E-state index >= 15 is 0 Å². The van der Waals surface area contributed by atoms with Crippen molar-refractivity contribution < 1.29 is 14.7 Å². The molecule has 1 heterocycles. The summed E-state index contributed by atoms with van der Waals surface area (Å²) in [6.45, 7) is 0.114. The Balaban J connectivity index is 1.97. The highest BCUT2D eigenvalue weighted by molar-refractivity contribution is 5.92. The number of carbonyl (C=O) groups is 2. The van der Waals surface area contributed by atoms with Gasteiger partial charge in [0.15, 0.2) is 0 Å². The Kier molecular flexibility index (Phi) is 3.47. The van der Waals surface area contributed by atoms with Gasteiger partial charge in [-0.1, -0.05) is 6.42 Å². The number of amides is 1. The summed E-state index contributed by atoms with van der Waals surface area (Å²) in [5.41, 5.74) is -0.265. The molecule has 0 spiro atoms. The van der Waals surface area contributed by atoms with E-state index in [4.69, 9.17) is 10.4 Å². The SMILES string of the molecule is N#Cc1ccc(C(=O)NCC2(C(=O)O)CCC2)nc1. The Bertz CT molecular complexity index is 541. The maximum Gasteiger partial charge on any atom is 0.311 e. The smallest absolute Gasteiger partial charge is 0.311 e. The van der Waals surface area contributed by atoms with Gasteiger partial charge in [-0.25, -0.2) is 4.98 Å². The van der Waals surface area contributed by atoms with Crippen LogP contribution in [-0.4, -0.2) is 28.5 Å². The fraction of sp³-hybridized carbons (Fsp3) is 0.385. The standard InChI is InChI=1S/C13H13N3O3/c14-6-9-2-3-10(15-7-9)11(17)16-8-13(12(18)19)4-1-5-13/h2-3,7H,1,4-5,8H2,(H,16,17)(H,18,19). The number of hydrogen-bond donors (Lipinski definition) is 2. The quantitative estimate of drug-likeness (QED) is 0.837. The van der Waals surface area contributed by atoms with Crippen LogP contribution in [0.15, 0.2) is 18.3 Å². The molecule has 1 aliphatic carbocycles. The van der Waals surface area contributed by atoms with Gasteiger partial charge in [-0.3, -0.25) is 9.59 Å². The molecule has 2 rings (SSSR count). The first-order chi connectivity index (χ1) is 9.07. The van der Waals surface area contributed by atoms with Crippen molar-refractivity contribution in [2.24, 2.45) is 5.41 Å². The summed E-state index contributed by atoms with van der Waals surface area (Å²) in [7, 11) is 0. The monoisotopic (exact) mass is 259 g/mol. The molecule has 0 atom stereocenters. The molecule has 1 aliphatic rings. The van der Waals surface area contributed by atoms with Gasteiger partial charge in [0.25, 0.3) is 5.91 Å². The first kappa shape index (κ1) is 13.0. The van der Waals surface area contributed by atoms with Crippen LogP contribution in [0.4, 0.5) is 0 Å². The van der Waals surface area contributed by atoms with Crippen molar-refractivity contribution in [2.45, 2.75) is 19.3 Å². The van der Waals surface area contributed by atoms with E-state index in [1.54, 1.807) is 0 Å². The van der Waals surface area contributed by atoms with Crippen molar-refractivity contribution in [1.29, 1.82) is 5.26 Å². The fourth-order valence-corrected chi connectivity index (χ4v) is 2.00. The molecule has 2 N–H and O–H groups in total. The van der Waals surface area contributed by atoms with Crippen LogP contribution < -0.4 is 5.32 Å². The molecule has 6 nitrogen and oxygen atoms in total. The number of aliphatic carboxylic acids is 1. The Labute approximate surface area is 110 Å². The number of carboxylic acid groups (broad SMARTS) is 1. The number of carbonyl (C=O) groups excluding carboxylic acids is 1. The summed E-state index contributed by atoms with van der Waals surface area (Å²) in [4.78, 5) is 26.8. The number of rotatable bonds is 4. The number of carboxylic acids is 1. The van der Waals surface area contributed by atoms with Gasteiger partial charge >= 0.3 is 5.97 Å². The van der Waals surface area contributed by atoms with E-state index in [1.807, 2.05) is 6.07 Å². The molecule has 1 aromatic rings. The molecule has 0 aromatic carbocycles. The largest absolute Gasteiger partial charge is 0.481 e. The highest BCUT2D eigenvalue weighted by Crippen LogP contribution is 2.40. The minimum Gasteiger partial charge on any atom is -0.481 e. The maximum absolute atomic E-state index is 11.8. The summed E-state index contributed by atoms with van der Waals surface area (Å²) in [5, 5.41) is 20.3. The van der Waals surface area contributed by atoms with Crippen molar-refractivity contribution >= 4 is 11.9 Å².